The standard InChI is InChI=1S/C16H21N3/c1-16(11-17)7-9-19(12-16)10-14-5-2-4-13-6-3-8-18-15(13)14/h2-6,8H,7,9-12,17H2,1H3. The zero-order chi connectivity index (χ0) is 13.3. The van der Waals surface area contributed by atoms with Crippen LogP contribution in [0.4, 0.5) is 0 Å². The number of hydrogen-bond donors (Lipinski definition) is 1. The molecule has 19 heavy (non-hydrogen) atoms. The van der Waals surface area contributed by atoms with Crippen LogP contribution in [0.2, 0.25) is 0 Å². The molecule has 3 nitrogen and oxygen atoms in total. The smallest absolute Gasteiger partial charge is 0.0746 e. The Morgan fingerprint density at radius 1 is 1.32 bits per heavy atom. The molecule has 1 saturated heterocycles. The summed E-state index contributed by atoms with van der Waals surface area (Å²) in [5.74, 6) is 0. The summed E-state index contributed by atoms with van der Waals surface area (Å²) in [6.45, 7) is 6.26. The Morgan fingerprint density at radius 2 is 2.16 bits per heavy atom. The predicted molar refractivity (Wildman–Crippen MR) is 78.8 cm³/mol. The molecule has 0 saturated carbocycles. The van der Waals surface area contributed by atoms with Crippen molar-refractivity contribution in [3.8, 4) is 0 Å². The van der Waals surface area contributed by atoms with Crippen molar-refractivity contribution in [2.45, 2.75) is 19.9 Å². The van der Waals surface area contributed by atoms with Crippen molar-refractivity contribution in [1.82, 2.24) is 9.88 Å². The first-order valence-corrected chi connectivity index (χ1v) is 6.95. The second-order valence-corrected chi connectivity index (χ2v) is 5.97. The van der Waals surface area contributed by atoms with Gasteiger partial charge in [-0.15, -0.1) is 0 Å². The van der Waals surface area contributed by atoms with E-state index in [4.69, 9.17) is 5.73 Å². The quantitative estimate of drug-likeness (QED) is 0.915. The van der Waals surface area contributed by atoms with Gasteiger partial charge in [-0.3, -0.25) is 9.88 Å². The van der Waals surface area contributed by atoms with E-state index >= 15 is 0 Å². The van der Waals surface area contributed by atoms with E-state index in [1.54, 1.807) is 0 Å². The van der Waals surface area contributed by atoms with Crippen molar-refractivity contribution in [2.75, 3.05) is 19.6 Å². The SMILES string of the molecule is CC1(CN)CCN(Cc2cccc3cccnc23)C1. The Morgan fingerprint density at radius 3 is 2.95 bits per heavy atom. The maximum atomic E-state index is 5.88. The number of pyridine rings is 1. The van der Waals surface area contributed by atoms with Crippen LogP contribution in [0, 0.1) is 5.41 Å². The van der Waals surface area contributed by atoms with E-state index in [0.29, 0.717) is 0 Å². The lowest BCUT2D eigenvalue weighted by atomic mass is 9.90. The molecule has 0 amide bonds. The fourth-order valence-electron chi connectivity index (χ4n) is 2.96. The van der Waals surface area contributed by atoms with Crippen LogP contribution < -0.4 is 5.73 Å². The number of nitrogens with two attached hydrogens (primary N) is 1. The van der Waals surface area contributed by atoms with E-state index in [9.17, 15) is 0 Å². The van der Waals surface area contributed by atoms with E-state index in [1.807, 2.05) is 12.3 Å². The Balaban J connectivity index is 1.83. The molecule has 1 fully saturated rings. The van der Waals surface area contributed by atoms with Crippen molar-refractivity contribution >= 4 is 10.9 Å². The minimum absolute atomic E-state index is 0.290. The van der Waals surface area contributed by atoms with Gasteiger partial charge in [-0.05, 0) is 36.6 Å². The summed E-state index contributed by atoms with van der Waals surface area (Å²) in [5.41, 5.74) is 8.61. The summed E-state index contributed by atoms with van der Waals surface area (Å²) >= 11 is 0. The number of aromatic nitrogens is 1. The molecule has 0 bridgehead atoms. The highest BCUT2D eigenvalue weighted by Gasteiger charge is 2.32. The van der Waals surface area contributed by atoms with Crippen LogP contribution >= 0.6 is 0 Å². The van der Waals surface area contributed by atoms with Crippen LogP contribution in [0.25, 0.3) is 10.9 Å². The molecule has 0 aliphatic carbocycles. The largest absolute Gasteiger partial charge is 0.330 e. The Kier molecular flexibility index (Phi) is 3.25. The van der Waals surface area contributed by atoms with Crippen LogP contribution in [0.3, 0.4) is 0 Å². The molecule has 1 aromatic heterocycles. The van der Waals surface area contributed by atoms with E-state index in [1.165, 1.54) is 17.4 Å². The second kappa shape index (κ2) is 4.91. The molecule has 1 atom stereocenters. The minimum atomic E-state index is 0.290. The van der Waals surface area contributed by atoms with Gasteiger partial charge >= 0.3 is 0 Å². The van der Waals surface area contributed by atoms with Crippen LogP contribution in [0.15, 0.2) is 36.5 Å². The van der Waals surface area contributed by atoms with Crippen LogP contribution in [0.5, 0.6) is 0 Å². The summed E-state index contributed by atoms with van der Waals surface area (Å²) in [5, 5.41) is 1.22. The van der Waals surface area contributed by atoms with E-state index in [0.717, 1.165) is 31.7 Å². The second-order valence-electron chi connectivity index (χ2n) is 5.97. The van der Waals surface area contributed by atoms with Gasteiger partial charge in [0.25, 0.3) is 0 Å². The number of nitrogens with zero attached hydrogens (tertiary/aromatic N) is 2. The van der Waals surface area contributed by atoms with Crippen LogP contribution in [-0.4, -0.2) is 29.5 Å². The van der Waals surface area contributed by atoms with Crippen molar-refractivity contribution < 1.29 is 0 Å². The Bertz CT molecular complexity index is 576. The van der Waals surface area contributed by atoms with Gasteiger partial charge in [-0.1, -0.05) is 31.2 Å². The number of para-hydroxylation sites is 1. The molecule has 1 aliphatic rings. The third-order valence-electron chi connectivity index (χ3n) is 4.24. The monoisotopic (exact) mass is 255 g/mol. The number of hydrogen-bond acceptors (Lipinski definition) is 3. The number of rotatable bonds is 3. The van der Waals surface area contributed by atoms with Gasteiger partial charge in [0.1, 0.15) is 0 Å². The molecule has 100 valence electrons. The highest BCUT2D eigenvalue weighted by molar-refractivity contribution is 5.81. The van der Waals surface area contributed by atoms with Crippen LogP contribution in [0.1, 0.15) is 18.9 Å². The predicted octanol–water partition coefficient (Wildman–Crippen LogP) is 2.41. The van der Waals surface area contributed by atoms with Gasteiger partial charge < -0.3 is 5.73 Å². The first-order valence-electron chi connectivity index (χ1n) is 6.95. The summed E-state index contributed by atoms with van der Waals surface area (Å²) < 4.78 is 0. The molecule has 2 N–H and O–H groups in total. The van der Waals surface area contributed by atoms with Gasteiger partial charge in [0.05, 0.1) is 5.52 Å². The normalized spacial score (nSPS) is 24.1. The first kappa shape index (κ1) is 12.6. The molecular formula is C16H21N3. The minimum Gasteiger partial charge on any atom is -0.330 e. The third-order valence-corrected chi connectivity index (χ3v) is 4.24. The molecule has 1 unspecified atom stereocenters. The molecule has 1 aliphatic heterocycles. The summed E-state index contributed by atoms with van der Waals surface area (Å²) in [6.07, 6.45) is 3.07. The van der Waals surface area contributed by atoms with Gasteiger partial charge in [0.15, 0.2) is 0 Å². The molecule has 3 rings (SSSR count). The van der Waals surface area contributed by atoms with Gasteiger partial charge in [0.2, 0.25) is 0 Å². The molecule has 2 aromatic rings. The maximum Gasteiger partial charge on any atom is 0.0746 e. The zero-order valence-electron chi connectivity index (χ0n) is 11.5. The summed E-state index contributed by atoms with van der Waals surface area (Å²) in [7, 11) is 0. The van der Waals surface area contributed by atoms with Gasteiger partial charge in [-0.2, -0.15) is 0 Å². The number of likely N-dealkylation sites (tertiary alicyclic amines) is 1. The average Bonchev–Trinajstić information content (AvgIpc) is 2.82. The zero-order valence-corrected chi connectivity index (χ0v) is 11.5. The highest BCUT2D eigenvalue weighted by Crippen LogP contribution is 2.30. The fourth-order valence-corrected chi connectivity index (χ4v) is 2.96. The van der Waals surface area contributed by atoms with E-state index < -0.39 is 0 Å². The molecule has 0 radical (unpaired) electrons. The lowest BCUT2D eigenvalue weighted by Gasteiger charge is -2.22. The third kappa shape index (κ3) is 2.48. The molecular weight excluding hydrogens is 234 g/mol. The lowest BCUT2D eigenvalue weighted by molar-refractivity contribution is 0.275. The molecule has 1 aromatic carbocycles. The maximum absolute atomic E-state index is 5.88. The van der Waals surface area contributed by atoms with E-state index in [2.05, 4.69) is 41.1 Å². The molecule has 3 heteroatoms. The first-order chi connectivity index (χ1) is 9.20. The van der Waals surface area contributed by atoms with E-state index in [-0.39, 0.29) is 5.41 Å². The van der Waals surface area contributed by atoms with Crippen molar-refractivity contribution in [2.24, 2.45) is 11.1 Å². The molecule has 2 heterocycles. The topological polar surface area (TPSA) is 42.1 Å². The fraction of sp³-hybridized carbons (Fsp3) is 0.438. The van der Waals surface area contributed by atoms with Crippen molar-refractivity contribution in [3.63, 3.8) is 0 Å². The Hall–Kier alpha value is -1.45. The van der Waals surface area contributed by atoms with Crippen LogP contribution in [-0.2, 0) is 6.54 Å². The number of fused-ring (bicyclic) bond motifs is 1. The average molecular weight is 255 g/mol. The van der Waals surface area contributed by atoms with Gasteiger partial charge in [-0.25, -0.2) is 0 Å². The lowest BCUT2D eigenvalue weighted by Crippen LogP contribution is -2.31. The number of benzene rings is 1. The van der Waals surface area contributed by atoms with Crippen molar-refractivity contribution in [3.05, 3.63) is 42.1 Å². The summed E-state index contributed by atoms with van der Waals surface area (Å²) in [6, 6.07) is 10.6. The van der Waals surface area contributed by atoms with Gasteiger partial charge in [0, 0.05) is 24.7 Å². The summed E-state index contributed by atoms with van der Waals surface area (Å²) in [4.78, 5) is 7.02. The Labute approximate surface area is 114 Å². The highest BCUT2D eigenvalue weighted by atomic mass is 15.2. The molecule has 0 spiro atoms. The van der Waals surface area contributed by atoms with Crippen molar-refractivity contribution in [1.29, 1.82) is 0 Å².